The zero-order valence-electron chi connectivity index (χ0n) is 5.93. The highest BCUT2D eigenvalue weighted by molar-refractivity contribution is 4.97. The summed E-state index contributed by atoms with van der Waals surface area (Å²) in [6, 6.07) is 0. The molecule has 1 rings (SSSR count). The summed E-state index contributed by atoms with van der Waals surface area (Å²) >= 11 is 0. The van der Waals surface area contributed by atoms with E-state index in [1.807, 2.05) is 0 Å². The van der Waals surface area contributed by atoms with Gasteiger partial charge in [-0.3, -0.25) is 0 Å². The molecule has 0 aromatic carbocycles. The third kappa shape index (κ3) is 1.25. The van der Waals surface area contributed by atoms with Crippen LogP contribution >= 0.6 is 0 Å². The molecule has 0 heterocycles. The van der Waals surface area contributed by atoms with Crippen LogP contribution in [0.3, 0.4) is 0 Å². The van der Waals surface area contributed by atoms with Gasteiger partial charge >= 0.3 is 0 Å². The highest BCUT2D eigenvalue weighted by Gasteiger charge is 2.38. The molecule has 1 aliphatic carbocycles. The number of hydrogen-bond donors (Lipinski definition) is 2. The van der Waals surface area contributed by atoms with E-state index < -0.39 is 0 Å². The largest absolute Gasteiger partial charge is 0.394 e. The second-order valence-corrected chi connectivity index (χ2v) is 3.20. The molecule has 1 fully saturated rings. The van der Waals surface area contributed by atoms with Crippen molar-refractivity contribution < 1.29 is 5.11 Å². The van der Waals surface area contributed by atoms with E-state index in [0.717, 1.165) is 18.8 Å². The first-order valence-corrected chi connectivity index (χ1v) is 3.60. The van der Waals surface area contributed by atoms with Gasteiger partial charge in [-0.1, -0.05) is 13.3 Å². The molecule has 0 saturated heterocycles. The molecule has 0 radical (unpaired) electrons. The minimum atomic E-state index is -0.208. The van der Waals surface area contributed by atoms with E-state index in [9.17, 15) is 0 Å². The van der Waals surface area contributed by atoms with Gasteiger partial charge in [-0.2, -0.15) is 0 Å². The van der Waals surface area contributed by atoms with Crippen molar-refractivity contribution in [2.24, 2.45) is 11.7 Å². The fourth-order valence-electron chi connectivity index (χ4n) is 1.51. The quantitative estimate of drug-likeness (QED) is 0.570. The third-order valence-electron chi connectivity index (χ3n) is 2.28. The Morgan fingerprint density at radius 1 is 1.67 bits per heavy atom. The molecule has 1 aliphatic rings. The van der Waals surface area contributed by atoms with Crippen molar-refractivity contribution in [3.63, 3.8) is 0 Å². The predicted molar refractivity (Wildman–Crippen MR) is 37.0 cm³/mol. The summed E-state index contributed by atoms with van der Waals surface area (Å²) < 4.78 is 0. The van der Waals surface area contributed by atoms with Crippen molar-refractivity contribution in [2.75, 3.05) is 6.61 Å². The fraction of sp³-hybridized carbons (Fsp3) is 1.00. The maximum atomic E-state index is 8.73. The third-order valence-corrected chi connectivity index (χ3v) is 2.28. The lowest BCUT2D eigenvalue weighted by Gasteiger charge is -2.43. The second kappa shape index (κ2) is 2.27. The molecule has 0 atom stereocenters. The van der Waals surface area contributed by atoms with Gasteiger partial charge in [0.15, 0.2) is 0 Å². The summed E-state index contributed by atoms with van der Waals surface area (Å²) in [5.74, 6) is 0.780. The molecule has 54 valence electrons. The van der Waals surface area contributed by atoms with Gasteiger partial charge in [0.1, 0.15) is 0 Å². The van der Waals surface area contributed by atoms with E-state index in [0.29, 0.717) is 0 Å². The van der Waals surface area contributed by atoms with Gasteiger partial charge in [0, 0.05) is 5.54 Å². The Morgan fingerprint density at radius 2 is 2.22 bits per heavy atom. The Morgan fingerprint density at radius 3 is 2.56 bits per heavy atom. The van der Waals surface area contributed by atoms with Crippen molar-refractivity contribution in [1.29, 1.82) is 0 Å². The van der Waals surface area contributed by atoms with Crippen LogP contribution in [-0.4, -0.2) is 17.3 Å². The highest BCUT2D eigenvalue weighted by Crippen LogP contribution is 2.36. The van der Waals surface area contributed by atoms with Crippen LogP contribution in [0.1, 0.15) is 26.2 Å². The minimum absolute atomic E-state index is 0.156. The molecule has 2 heteroatoms. The van der Waals surface area contributed by atoms with Crippen LogP contribution in [0.25, 0.3) is 0 Å². The Bertz CT molecular complexity index is 97.1. The zero-order valence-corrected chi connectivity index (χ0v) is 5.93. The SMILES string of the molecule is CCC1CC(N)(CO)C1. The van der Waals surface area contributed by atoms with E-state index in [2.05, 4.69) is 6.92 Å². The molecule has 3 N–H and O–H groups in total. The smallest absolute Gasteiger partial charge is 0.0611 e. The van der Waals surface area contributed by atoms with E-state index in [4.69, 9.17) is 10.8 Å². The molecular weight excluding hydrogens is 114 g/mol. The molecule has 0 bridgehead atoms. The van der Waals surface area contributed by atoms with Gasteiger partial charge in [-0.05, 0) is 18.8 Å². The lowest BCUT2D eigenvalue weighted by molar-refractivity contribution is 0.0711. The van der Waals surface area contributed by atoms with Crippen molar-refractivity contribution in [2.45, 2.75) is 31.7 Å². The summed E-state index contributed by atoms with van der Waals surface area (Å²) in [6.07, 6.45) is 3.24. The topological polar surface area (TPSA) is 46.2 Å². The first-order valence-electron chi connectivity index (χ1n) is 3.60. The van der Waals surface area contributed by atoms with Crippen LogP contribution in [0.15, 0.2) is 0 Å². The predicted octanol–water partition coefficient (Wildman–Crippen LogP) is 0.496. The van der Waals surface area contributed by atoms with Crippen LogP contribution < -0.4 is 5.73 Å². The van der Waals surface area contributed by atoms with Crippen LogP contribution in [0.5, 0.6) is 0 Å². The first kappa shape index (κ1) is 7.03. The molecule has 9 heavy (non-hydrogen) atoms. The van der Waals surface area contributed by atoms with Gasteiger partial charge in [-0.15, -0.1) is 0 Å². The number of aliphatic hydroxyl groups excluding tert-OH is 1. The molecule has 0 aromatic rings. The normalized spacial score (nSPS) is 42.3. The molecule has 2 nitrogen and oxygen atoms in total. The van der Waals surface area contributed by atoms with Gasteiger partial charge in [-0.25, -0.2) is 0 Å². The van der Waals surface area contributed by atoms with Crippen molar-refractivity contribution in [1.82, 2.24) is 0 Å². The molecule has 0 amide bonds. The van der Waals surface area contributed by atoms with Crippen LogP contribution in [0.2, 0.25) is 0 Å². The van der Waals surface area contributed by atoms with Crippen LogP contribution in [-0.2, 0) is 0 Å². The molecule has 0 unspecified atom stereocenters. The highest BCUT2D eigenvalue weighted by atomic mass is 16.3. The number of nitrogens with two attached hydrogens (primary N) is 1. The number of rotatable bonds is 2. The molecular formula is C7H15NO. The summed E-state index contributed by atoms with van der Waals surface area (Å²) in [5, 5.41) is 8.73. The van der Waals surface area contributed by atoms with Gasteiger partial charge in [0.05, 0.1) is 6.61 Å². The lowest BCUT2D eigenvalue weighted by atomic mass is 9.68. The average Bonchev–Trinajstić information content (AvgIpc) is 1.81. The van der Waals surface area contributed by atoms with E-state index in [1.54, 1.807) is 0 Å². The first-order chi connectivity index (χ1) is 4.20. The Hall–Kier alpha value is -0.0800. The van der Waals surface area contributed by atoms with Crippen LogP contribution in [0, 0.1) is 5.92 Å². The summed E-state index contributed by atoms with van der Waals surface area (Å²) in [6.45, 7) is 2.32. The Kier molecular flexibility index (Phi) is 1.78. The van der Waals surface area contributed by atoms with Crippen molar-refractivity contribution >= 4 is 0 Å². The summed E-state index contributed by atoms with van der Waals surface area (Å²) in [4.78, 5) is 0. The van der Waals surface area contributed by atoms with E-state index >= 15 is 0 Å². The van der Waals surface area contributed by atoms with Gasteiger partial charge < -0.3 is 10.8 Å². The van der Waals surface area contributed by atoms with Crippen molar-refractivity contribution in [3.8, 4) is 0 Å². The van der Waals surface area contributed by atoms with E-state index in [1.165, 1.54) is 6.42 Å². The second-order valence-electron chi connectivity index (χ2n) is 3.20. The summed E-state index contributed by atoms with van der Waals surface area (Å²) in [7, 11) is 0. The van der Waals surface area contributed by atoms with Crippen LogP contribution in [0.4, 0.5) is 0 Å². The Balaban J connectivity index is 2.24. The summed E-state index contributed by atoms with van der Waals surface area (Å²) in [5.41, 5.74) is 5.51. The zero-order chi connectivity index (χ0) is 6.91. The maximum absolute atomic E-state index is 8.73. The molecule has 0 spiro atoms. The van der Waals surface area contributed by atoms with Crippen molar-refractivity contribution in [3.05, 3.63) is 0 Å². The monoisotopic (exact) mass is 129 g/mol. The fourth-order valence-corrected chi connectivity index (χ4v) is 1.51. The number of hydrogen-bond acceptors (Lipinski definition) is 2. The van der Waals surface area contributed by atoms with Gasteiger partial charge in [0.25, 0.3) is 0 Å². The number of aliphatic hydroxyl groups is 1. The Labute approximate surface area is 56.1 Å². The van der Waals surface area contributed by atoms with Gasteiger partial charge in [0.2, 0.25) is 0 Å². The lowest BCUT2D eigenvalue weighted by Crippen LogP contribution is -2.54. The molecule has 0 aromatic heterocycles. The average molecular weight is 129 g/mol. The molecule has 0 aliphatic heterocycles. The standard InChI is InChI=1S/C7H15NO/c1-2-6-3-7(8,4-6)5-9/h6,9H,2-5,8H2,1H3. The molecule has 1 saturated carbocycles. The minimum Gasteiger partial charge on any atom is -0.394 e. The van der Waals surface area contributed by atoms with E-state index in [-0.39, 0.29) is 12.1 Å². The maximum Gasteiger partial charge on any atom is 0.0611 e.